The first-order valence-electron chi connectivity index (χ1n) is 8.24. The van der Waals surface area contributed by atoms with Crippen molar-refractivity contribution in [3.05, 3.63) is 59.5 Å². The lowest BCUT2D eigenvalue weighted by Crippen LogP contribution is -1.98. The van der Waals surface area contributed by atoms with Gasteiger partial charge in [-0.05, 0) is 30.2 Å². The Morgan fingerprint density at radius 3 is 2.81 bits per heavy atom. The Kier molecular flexibility index (Phi) is 4.53. The molecule has 0 radical (unpaired) electrons. The number of hydrogen-bond donors (Lipinski definition) is 0. The van der Waals surface area contributed by atoms with Crippen molar-refractivity contribution < 1.29 is 9.47 Å². The van der Waals surface area contributed by atoms with Crippen molar-refractivity contribution in [3.8, 4) is 22.1 Å². The van der Waals surface area contributed by atoms with Crippen LogP contribution in [0.3, 0.4) is 0 Å². The average molecular weight is 366 g/mol. The van der Waals surface area contributed by atoms with Crippen molar-refractivity contribution in [1.29, 1.82) is 0 Å². The number of fused-ring (bicyclic) bond motifs is 1. The van der Waals surface area contributed by atoms with E-state index in [-0.39, 0.29) is 0 Å². The predicted octanol–water partition coefficient (Wildman–Crippen LogP) is 3.66. The highest BCUT2D eigenvalue weighted by molar-refractivity contribution is 7.14. The van der Waals surface area contributed by atoms with Crippen LogP contribution in [0, 0.1) is 0 Å². The van der Waals surface area contributed by atoms with Crippen LogP contribution in [0.5, 0.6) is 11.5 Å². The Morgan fingerprint density at radius 1 is 1.04 bits per heavy atom. The number of imidazole rings is 1. The van der Waals surface area contributed by atoms with Crippen LogP contribution in [0.15, 0.2) is 48.9 Å². The Bertz CT molecular complexity index is 1040. The number of aromatic nitrogens is 4. The molecule has 6 nitrogen and oxygen atoms in total. The lowest BCUT2D eigenvalue weighted by atomic mass is 10.1. The summed E-state index contributed by atoms with van der Waals surface area (Å²) in [7, 11) is 3.31. The van der Waals surface area contributed by atoms with Gasteiger partial charge in [-0.15, -0.1) is 10.2 Å². The largest absolute Gasteiger partial charge is 0.493 e. The van der Waals surface area contributed by atoms with Crippen LogP contribution in [0.4, 0.5) is 0 Å². The molecule has 0 fully saturated rings. The van der Waals surface area contributed by atoms with Crippen LogP contribution in [0.25, 0.3) is 16.2 Å². The van der Waals surface area contributed by atoms with Crippen molar-refractivity contribution in [1.82, 2.24) is 19.6 Å². The molecule has 0 spiro atoms. The van der Waals surface area contributed by atoms with Gasteiger partial charge in [0.2, 0.25) is 0 Å². The maximum Gasteiger partial charge on any atom is 0.163 e. The minimum atomic E-state index is 0.746. The topological polar surface area (TPSA) is 61.5 Å². The number of rotatable bonds is 6. The summed E-state index contributed by atoms with van der Waals surface area (Å²) in [6, 6.07) is 9.98. The maximum atomic E-state index is 5.50. The molecule has 0 saturated carbocycles. The minimum Gasteiger partial charge on any atom is -0.493 e. The third-order valence-electron chi connectivity index (χ3n) is 4.20. The molecule has 3 aromatic heterocycles. The number of methoxy groups -OCH3 is 2. The number of para-hydroxylation sites is 1. The molecule has 26 heavy (non-hydrogen) atoms. The van der Waals surface area contributed by atoms with Gasteiger partial charge in [-0.25, -0.2) is 4.98 Å². The molecule has 7 heteroatoms. The molecule has 0 unspecified atom stereocenters. The number of benzene rings is 1. The van der Waals surface area contributed by atoms with Gasteiger partial charge in [-0.2, -0.15) is 0 Å². The Hall–Kier alpha value is -2.93. The lowest BCUT2D eigenvalue weighted by molar-refractivity contribution is 0.351. The number of aryl methyl sites for hydroxylation is 2. The first-order valence-corrected chi connectivity index (χ1v) is 9.05. The molecule has 3 heterocycles. The van der Waals surface area contributed by atoms with E-state index < -0.39 is 0 Å². The van der Waals surface area contributed by atoms with Gasteiger partial charge in [-0.1, -0.05) is 23.5 Å². The summed E-state index contributed by atoms with van der Waals surface area (Å²) < 4.78 is 12.8. The fourth-order valence-electron chi connectivity index (χ4n) is 2.91. The van der Waals surface area contributed by atoms with Gasteiger partial charge in [0, 0.05) is 30.6 Å². The molecule has 0 bridgehead atoms. The van der Waals surface area contributed by atoms with E-state index in [0.717, 1.165) is 51.1 Å². The van der Waals surface area contributed by atoms with E-state index in [0.29, 0.717) is 0 Å². The minimum absolute atomic E-state index is 0.746. The Balaban J connectivity index is 1.52. The smallest absolute Gasteiger partial charge is 0.163 e. The van der Waals surface area contributed by atoms with E-state index in [1.807, 2.05) is 41.1 Å². The summed E-state index contributed by atoms with van der Waals surface area (Å²) in [5.74, 6) is 1.53. The molecule has 0 N–H and O–H groups in total. The average Bonchev–Trinajstić information content (AvgIpc) is 3.34. The normalized spacial score (nSPS) is 11.0. The monoisotopic (exact) mass is 366 g/mol. The van der Waals surface area contributed by atoms with E-state index in [1.54, 1.807) is 31.8 Å². The van der Waals surface area contributed by atoms with E-state index in [1.165, 1.54) is 0 Å². The van der Waals surface area contributed by atoms with Gasteiger partial charge in [-0.3, -0.25) is 0 Å². The fraction of sp³-hybridized carbons (Fsp3) is 0.211. The second kappa shape index (κ2) is 7.13. The third kappa shape index (κ3) is 3.13. The van der Waals surface area contributed by atoms with Crippen molar-refractivity contribution in [2.75, 3.05) is 14.2 Å². The molecule has 0 aliphatic rings. The molecule has 1 aromatic carbocycles. The summed E-state index contributed by atoms with van der Waals surface area (Å²) in [5.41, 5.74) is 3.04. The Labute approximate surface area is 155 Å². The quantitative estimate of drug-likeness (QED) is 0.521. The molecule has 4 rings (SSSR count). The van der Waals surface area contributed by atoms with Crippen LogP contribution in [0.1, 0.15) is 10.6 Å². The SMILES string of the molecule is COc1cccc(CCc2nnc(-c3ccn4ccnc4c3)s2)c1OC. The highest BCUT2D eigenvalue weighted by Gasteiger charge is 2.12. The molecular weight excluding hydrogens is 348 g/mol. The van der Waals surface area contributed by atoms with Crippen molar-refractivity contribution in [2.24, 2.45) is 0 Å². The van der Waals surface area contributed by atoms with Gasteiger partial charge < -0.3 is 13.9 Å². The van der Waals surface area contributed by atoms with Gasteiger partial charge in [0.15, 0.2) is 11.5 Å². The summed E-state index contributed by atoms with van der Waals surface area (Å²) in [4.78, 5) is 4.32. The first kappa shape index (κ1) is 16.5. The number of nitrogens with zero attached hydrogens (tertiary/aromatic N) is 4. The molecule has 0 atom stereocenters. The zero-order chi connectivity index (χ0) is 17.9. The second-order valence-electron chi connectivity index (χ2n) is 5.76. The number of pyridine rings is 1. The van der Waals surface area contributed by atoms with Gasteiger partial charge in [0.05, 0.1) is 14.2 Å². The molecule has 0 aliphatic carbocycles. The molecule has 0 aliphatic heterocycles. The van der Waals surface area contributed by atoms with Crippen LogP contribution < -0.4 is 9.47 Å². The zero-order valence-corrected chi connectivity index (χ0v) is 15.4. The fourth-order valence-corrected chi connectivity index (χ4v) is 3.74. The van der Waals surface area contributed by atoms with Crippen LogP contribution in [-0.2, 0) is 12.8 Å². The van der Waals surface area contributed by atoms with E-state index >= 15 is 0 Å². The highest BCUT2D eigenvalue weighted by Crippen LogP contribution is 2.32. The zero-order valence-electron chi connectivity index (χ0n) is 14.5. The standard InChI is InChI=1S/C19H18N4O2S/c1-24-15-5-3-4-13(18(15)25-2)6-7-17-21-22-19(26-17)14-8-10-23-11-9-20-16(23)12-14/h3-5,8-12H,6-7H2,1-2H3. The second-order valence-corrected chi connectivity index (χ2v) is 6.82. The number of hydrogen-bond acceptors (Lipinski definition) is 6. The molecular formula is C19H18N4O2S. The van der Waals surface area contributed by atoms with Gasteiger partial charge in [0.1, 0.15) is 15.7 Å². The van der Waals surface area contributed by atoms with Crippen molar-refractivity contribution >= 4 is 17.0 Å². The lowest BCUT2D eigenvalue weighted by Gasteiger charge is -2.11. The maximum absolute atomic E-state index is 5.50. The van der Waals surface area contributed by atoms with Crippen molar-refractivity contribution in [3.63, 3.8) is 0 Å². The van der Waals surface area contributed by atoms with Crippen LogP contribution in [0.2, 0.25) is 0 Å². The molecule has 4 aromatic rings. The first-order chi connectivity index (χ1) is 12.8. The summed E-state index contributed by atoms with van der Waals surface area (Å²) in [6.45, 7) is 0. The van der Waals surface area contributed by atoms with Crippen LogP contribution in [-0.4, -0.2) is 33.8 Å². The molecule has 0 saturated heterocycles. The predicted molar refractivity (Wildman–Crippen MR) is 101 cm³/mol. The third-order valence-corrected chi connectivity index (χ3v) is 5.24. The number of ether oxygens (including phenoxy) is 2. The van der Waals surface area contributed by atoms with Crippen molar-refractivity contribution in [2.45, 2.75) is 12.8 Å². The van der Waals surface area contributed by atoms with Gasteiger partial charge >= 0.3 is 0 Å². The summed E-state index contributed by atoms with van der Waals surface area (Å²) >= 11 is 1.61. The molecule has 0 amide bonds. The van der Waals surface area contributed by atoms with Crippen LogP contribution >= 0.6 is 11.3 Å². The highest BCUT2D eigenvalue weighted by atomic mass is 32.1. The summed E-state index contributed by atoms with van der Waals surface area (Å²) in [6.07, 6.45) is 7.30. The Morgan fingerprint density at radius 2 is 1.96 bits per heavy atom. The van der Waals surface area contributed by atoms with E-state index in [4.69, 9.17) is 9.47 Å². The molecule has 132 valence electrons. The van der Waals surface area contributed by atoms with E-state index in [9.17, 15) is 0 Å². The van der Waals surface area contributed by atoms with Gasteiger partial charge in [0.25, 0.3) is 0 Å². The van der Waals surface area contributed by atoms with E-state index in [2.05, 4.69) is 21.2 Å². The summed E-state index contributed by atoms with van der Waals surface area (Å²) in [5, 5.41) is 10.6.